The zero-order valence-electron chi connectivity index (χ0n) is 12.2. The van der Waals surface area contributed by atoms with Gasteiger partial charge in [-0.2, -0.15) is 0 Å². The van der Waals surface area contributed by atoms with E-state index in [4.69, 9.17) is 14.3 Å². The average molecular weight is 296 g/mol. The molecule has 1 atom stereocenters. The van der Waals surface area contributed by atoms with Crippen LogP contribution >= 0.6 is 0 Å². The minimum atomic E-state index is -0.933. The van der Waals surface area contributed by atoms with Crippen molar-refractivity contribution in [1.29, 1.82) is 0 Å². The van der Waals surface area contributed by atoms with Gasteiger partial charge < -0.3 is 19.2 Å². The van der Waals surface area contributed by atoms with Gasteiger partial charge in [-0.1, -0.05) is 6.92 Å². The summed E-state index contributed by atoms with van der Waals surface area (Å²) in [5.41, 5.74) is 0.219. The summed E-state index contributed by atoms with van der Waals surface area (Å²) in [5.74, 6) is -1.14. The molecule has 1 aliphatic heterocycles. The summed E-state index contributed by atoms with van der Waals surface area (Å²) in [6.07, 6.45) is 3.01. The number of aromatic nitrogens is 1. The van der Waals surface area contributed by atoms with Crippen LogP contribution in [0.3, 0.4) is 0 Å². The van der Waals surface area contributed by atoms with Crippen LogP contribution in [0.1, 0.15) is 42.1 Å². The molecule has 0 bridgehead atoms. The first-order chi connectivity index (χ1) is 9.99. The van der Waals surface area contributed by atoms with E-state index in [0.29, 0.717) is 19.1 Å². The number of amides is 1. The van der Waals surface area contributed by atoms with Crippen molar-refractivity contribution < 1.29 is 23.8 Å². The van der Waals surface area contributed by atoms with Gasteiger partial charge in [-0.25, -0.2) is 4.98 Å². The fourth-order valence-electron chi connectivity index (χ4n) is 2.29. The maximum atomic E-state index is 12.2. The smallest absolute Gasteiger partial charge is 0.308 e. The highest BCUT2D eigenvalue weighted by atomic mass is 16.5. The second-order valence-corrected chi connectivity index (χ2v) is 5.38. The molecule has 1 aromatic rings. The molecule has 7 nitrogen and oxygen atoms in total. The Morgan fingerprint density at radius 3 is 2.76 bits per heavy atom. The normalized spacial score (nSPS) is 17.4. The first-order valence-electron chi connectivity index (χ1n) is 7.00. The van der Waals surface area contributed by atoms with Gasteiger partial charge in [0.25, 0.3) is 5.91 Å². The number of carbonyl (C=O) groups is 2. The molecule has 21 heavy (non-hydrogen) atoms. The lowest BCUT2D eigenvalue weighted by Crippen LogP contribution is -2.33. The molecule has 1 aliphatic rings. The number of ether oxygens (including phenoxy) is 1. The lowest BCUT2D eigenvalue weighted by molar-refractivity contribution is -0.141. The third-order valence-electron chi connectivity index (χ3n) is 3.63. The molecular weight excluding hydrogens is 276 g/mol. The number of hydrogen-bond acceptors (Lipinski definition) is 5. The maximum Gasteiger partial charge on any atom is 0.308 e. The molecule has 1 N–H and O–H groups in total. The van der Waals surface area contributed by atoms with Crippen LogP contribution < -0.4 is 0 Å². The average Bonchev–Trinajstić information content (AvgIpc) is 2.96. The van der Waals surface area contributed by atoms with Gasteiger partial charge in [0.1, 0.15) is 6.26 Å². The number of nitrogens with zero attached hydrogens (tertiary/aromatic N) is 2. The van der Waals surface area contributed by atoms with E-state index in [1.807, 2.05) is 0 Å². The van der Waals surface area contributed by atoms with Crippen LogP contribution in [0.2, 0.25) is 0 Å². The molecule has 0 saturated carbocycles. The third-order valence-corrected chi connectivity index (χ3v) is 3.63. The molecule has 1 unspecified atom stereocenters. The van der Waals surface area contributed by atoms with Crippen LogP contribution in [0.4, 0.5) is 0 Å². The molecule has 0 aromatic carbocycles. The molecule has 0 spiro atoms. The van der Waals surface area contributed by atoms with E-state index >= 15 is 0 Å². The number of carbonyl (C=O) groups excluding carboxylic acids is 1. The Hall–Kier alpha value is -1.89. The van der Waals surface area contributed by atoms with Crippen molar-refractivity contribution >= 4 is 11.9 Å². The third kappa shape index (κ3) is 3.81. The first-order valence-corrected chi connectivity index (χ1v) is 7.00. The van der Waals surface area contributed by atoms with Crippen LogP contribution in [0.5, 0.6) is 0 Å². The van der Waals surface area contributed by atoms with Crippen molar-refractivity contribution in [2.45, 2.75) is 25.7 Å². The predicted molar refractivity (Wildman–Crippen MR) is 73.1 cm³/mol. The molecule has 1 amide bonds. The monoisotopic (exact) mass is 296 g/mol. The molecule has 116 valence electrons. The Morgan fingerprint density at radius 2 is 2.14 bits per heavy atom. The predicted octanol–water partition coefficient (Wildman–Crippen LogP) is 1.36. The van der Waals surface area contributed by atoms with Crippen molar-refractivity contribution in [1.82, 2.24) is 9.88 Å². The van der Waals surface area contributed by atoms with Gasteiger partial charge in [0.05, 0.1) is 5.92 Å². The zero-order chi connectivity index (χ0) is 15.4. The van der Waals surface area contributed by atoms with Crippen molar-refractivity contribution in [2.24, 2.45) is 5.92 Å². The number of aliphatic carboxylic acids is 1. The maximum absolute atomic E-state index is 12.2. The van der Waals surface area contributed by atoms with E-state index in [1.54, 1.807) is 14.0 Å². The van der Waals surface area contributed by atoms with Crippen molar-refractivity contribution in [2.75, 3.05) is 26.8 Å². The fourth-order valence-corrected chi connectivity index (χ4v) is 2.29. The van der Waals surface area contributed by atoms with E-state index in [0.717, 1.165) is 12.8 Å². The van der Waals surface area contributed by atoms with E-state index in [9.17, 15) is 9.59 Å². The zero-order valence-corrected chi connectivity index (χ0v) is 12.2. The highest BCUT2D eigenvalue weighted by Gasteiger charge is 2.25. The van der Waals surface area contributed by atoms with Gasteiger partial charge in [0.15, 0.2) is 11.6 Å². The molecule has 7 heteroatoms. The van der Waals surface area contributed by atoms with Crippen molar-refractivity contribution in [3.05, 3.63) is 17.8 Å². The largest absolute Gasteiger partial charge is 0.481 e. The summed E-state index contributed by atoms with van der Waals surface area (Å²) >= 11 is 0. The van der Waals surface area contributed by atoms with Gasteiger partial charge >= 0.3 is 5.97 Å². The Labute approximate surface area is 122 Å². The molecule has 1 fully saturated rings. The van der Waals surface area contributed by atoms with E-state index in [2.05, 4.69) is 4.98 Å². The van der Waals surface area contributed by atoms with Gasteiger partial charge in [-0.15, -0.1) is 0 Å². The molecule has 2 heterocycles. The Morgan fingerprint density at radius 1 is 1.48 bits per heavy atom. The quantitative estimate of drug-likeness (QED) is 0.882. The second kappa shape index (κ2) is 6.71. The standard InChI is InChI=1S/C14H20N2O5/c1-9(14(18)19)7-16(2)13(17)11-8-21-12(15-11)10-3-5-20-6-4-10/h8-10H,3-7H2,1-2H3,(H,18,19). The number of carboxylic acid groups (broad SMARTS) is 1. The van der Waals surface area contributed by atoms with E-state index in [1.165, 1.54) is 11.2 Å². The molecule has 1 aromatic heterocycles. The first kappa shape index (κ1) is 15.5. The summed E-state index contributed by atoms with van der Waals surface area (Å²) in [6.45, 7) is 3.04. The lowest BCUT2D eigenvalue weighted by Gasteiger charge is -2.19. The second-order valence-electron chi connectivity index (χ2n) is 5.38. The van der Waals surface area contributed by atoms with Crippen LogP contribution in [-0.4, -0.2) is 53.7 Å². The minimum absolute atomic E-state index is 0.133. The van der Waals surface area contributed by atoms with Crippen molar-refractivity contribution in [3.8, 4) is 0 Å². The van der Waals surface area contributed by atoms with Gasteiger partial charge in [-0.3, -0.25) is 9.59 Å². The molecule has 2 rings (SSSR count). The molecule has 0 radical (unpaired) electrons. The highest BCUT2D eigenvalue weighted by molar-refractivity contribution is 5.92. The fraction of sp³-hybridized carbons (Fsp3) is 0.643. The molecular formula is C14H20N2O5. The topological polar surface area (TPSA) is 92.9 Å². The number of hydrogen-bond donors (Lipinski definition) is 1. The summed E-state index contributed by atoms with van der Waals surface area (Å²) in [6, 6.07) is 0. The minimum Gasteiger partial charge on any atom is -0.481 e. The summed E-state index contributed by atoms with van der Waals surface area (Å²) in [7, 11) is 1.56. The molecule has 0 aliphatic carbocycles. The van der Waals surface area contributed by atoms with E-state index in [-0.39, 0.29) is 24.1 Å². The lowest BCUT2D eigenvalue weighted by atomic mass is 10.0. The summed E-state index contributed by atoms with van der Waals surface area (Å²) in [5, 5.41) is 8.87. The Kier molecular flexibility index (Phi) is 4.95. The summed E-state index contributed by atoms with van der Waals surface area (Å²) < 4.78 is 10.7. The van der Waals surface area contributed by atoms with Gasteiger partial charge in [0.2, 0.25) is 0 Å². The number of carboxylic acids is 1. The van der Waals surface area contributed by atoms with Gasteiger partial charge in [-0.05, 0) is 12.8 Å². The van der Waals surface area contributed by atoms with Crippen LogP contribution in [-0.2, 0) is 9.53 Å². The summed E-state index contributed by atoms with van der Waals surface area (Å²) in [4.78, 5) is 28.6. The van der Waals surface area contributed by atoms with Crippen LogP contribution in [0.15, 0.2) is 10.7 Å². The Bertz CT molecular complexity index is 507. The number of oxazole rings is 1. The highest BCUT2D eigenvalue weighted by Crippen LogP contribution is 2.26. The van der Waals surface area contributed by atoms with Gasteiger partial charge in [0, 0.05) is 32.7 Å². The van der Waals surface area contributed by atoms with Crippen molar-refractivity contribution in [3.63, 3.8) is 0 Å². The Balaban J connectivity index is 1.99. The van der Waals surface area contributed by atoms with Crippen LogP contribution in [0.25, 0.3) is 0 Å². The SMILES string of the molecule is CC(CN(C)C(=O)c1coc(C2CCOCC2)n1)C(=O)O. The van der Waals surface area contributed by atoms with E-state index < -0.39 is 11.9 Å². The number of rotatable bonds is 5. The molecule has 1 saturated heterocycles. The van der Waals surface area contributed by atoms with Crippen LogP contribution in [0, 0.1) is 5.92 Å².